The third-order valence-corrected chi connectivity index (χ3v) is 6.92. The fourth-order valence-electron chi connectivity index (χ4n) is 5.35. The van der Waals surface area contributed by atoms with E-state index >= 15 is 0 Å². The first-order valence-corrected chi connectivity index (χ1v) is 10.9. The topological polar surface area (TPSA) is 0 Å². The molecule has 2 aliphatic carbocycles. The summed E-state index contributed by atoms with van der Waals surface area (Å²) in [5.41, 5.74) is 3.80. The average Bonchev–Trinajstić information content (AvgIpc) is 2.67. The van der Waals surface area contributed by atoms with Gasteiger partial charge in [0.25, 0.3) is 0 Å². The Morgan fingerprint density at radius 2 is 1.46 bits per heavy atom. The molecule has 2 fully saturated rings. The van der Waals surface area contributed by atoms with E-state index in [9.17, 15) is 0 Å². The van der Waals surface area contributed by atoms with Gasteiger partial charge in [-0.2, -0.15) is 0 Å². The van der Waals surface area contributed by atoms with Gasteiger partial charge in [0.1, 0.15) is 0 Å². The van der Waals surface area contributed by atoms with Crippen molar-refractivity contribution in [1.82, 2.24) is 0 Å². The van der Waals surface area contributed by atoms with Crippen molar-refractivity contribution in [3.05, 3.63) is 35.4 Å². The molecule has 1 aromatic carbocycles. The molecule has 2 saturated carbocycles. The zero-order chi connectivity index (χ0) is 16.7. The minimum absolute atomic E-state index is 0.511. The summed E-state index contributed by atoms with van der Waals surface area (Å²) in [5, 5.41) is 0. The van der Waals surface area contributed by atoms with Crippen LogP contribution in [0.5, 0.6) is 0 Å². The lowest BCUT2D eigenvalue weighted by molar-refractivity contribution is 0.265. The highest BCUT2D eigenvalue weighted by Crippen LogP contribution is 2.44. The van der Waals surface area contributed by atoms with Crippen molar-refractivity contribution in [2.24, 2.45) is 0 Å². The predicted octanol–water partition coefficient (Wildman–Crippen LogP) is 7.91. The molecule has 1 aromatic rings. The van der Waals surface area contributed by atoms with E-state index in [4.69, 9.17) is 0 Å². The molecule has 0 nitrogen and oxygen atoms in total. The number of rotatable bonds is 7. The Kier molecular flexibility index (Phi) is 6.81. The minimum Gasteiger partial charge on any atom is -0.0654 e. The van der Waals surface area contributed by atoms with Gasteiger partial charge in [0.2, 0.25) is 0 Å². The summed E-state index contributed by atoms with van der Waals surface area (Å²) >= 11 is 0. The van der Waals surface area contributed by atoms with E-state index in [1.54, 1.807) is 11.1 Å². The van der Waals surface area contributed by atoms with Crippen LogP contribution in [0, 0.1) is 0 Å². The number of hydrogen-bond acceptors (Lipinski definition) is 0. The van der Waals surface area contributed by atoms with Gasteiger partial charge in [-0.3, -0.25) is 0 Å². The Morgan fingerprint density at radius 1 is 0.792 bits per heavy atom. The fourth-order valence-corrected chi connectivity index (χ4v) is 5.35. The maximum Gasteiger partial charge on any atom is -0.00470 e. The van der Waals surface area contributed by atoms with E-state index in [0.29, 0.717) is 5.41 Å². The SMILES string of the molecule is CCCCCCC1(c2ccc(C3CCCCC3)cc2)CCCCC1. The van der Waals surface area contributed by atoms with Gasteiger partial charge in [-0.05, 0) is 54.6 Å². The fraction of sp³-hybridized carbons (Fsp3) is 0.750. The van der Waals surface area contributed by atoms with Gasteiger partial charge in [-0.1, -0.05) is 95.4 Å². The second-order valence-corrected chi connectivity index (χ2v) is 8.61. The highest BCUT2D eigenvalue weighted by molar-refractivity contribution is 5.31. The van der Waals surface area contributed by atoms with Gasteiger partial charge in [-0.15, -0.1) is 0 Å². The molecule has 0 heteroatoms. The van der Waals surface area contributed by atoms with Crippen LogP contribution in [0.2, 0.25) is 0 Å². The summed E-state index contributed by atoms with van der Waals surface area (Å²) < 4.78 is 0. The average molecular weight is 327 g/mol. The summed E-state index contributed by atoms with van der Waals surface area (Å²) in [6.45, 7) is 2.32. The zero-order valence-corrected chi connectivity index (χ0v) is 16.0. The van der Waals surface area contributed by atoms with Crippen molar-refractivity contribution in [2.75, 3.05) is 0 Å². The molecule has 3 rings (SSSR count). The van der Waals surface area contributed by atoms with Crippen LogP contribution in [-0.4, -0.2) is 0 Å². The third kappa shape index (κ3) is 4.44. The van der Waals surface area contributed by atoms with Crippen LogP contribution >= 0.6 is 0 Å². The quantitative estimate of drug-likeness (QED) is 0.446. The lowest BCUT2D eigenvalue weighted by atomic mass is 9.66. The second-order valence-electron chi connectivity index (χ2n) is 8.61. The van der Waals surface area contributed by atoms with Crippen molar-refractivity contribution in [3.63, 3.8) is 0 Å². The summed E-state index contributed by atoms with van der Waals surface area (Å²) in [6.07, 6.45) is 21.4. The first kappa shape index (κ1) is 18.0. The Hall–Kier alpha value is -0.780. The first-order chi connectivity index (χ1) is 11.8. The molecule has 24 heavy (non-hydrogen) atoms. The van der Waals surface area contributed by atoms with Crippen LogP contribution in [0.25, 0.3) is 0 Å². The van der Waals surface area contributed by atoms with Gasteiger partial charge >= 0.3 is 0 Å². The predicted molar refractivity (Wildman–Crippen MR) is 106 cm³/mol. The summed E-state index contributed by atoms with van der Waals surface area (Å²) in [7, 11) is 0. The van der Waals surface area contributed by atoms with Crippen LogP contribution < -0.4 is 0 Å². The molecular formula is C24H38. The van der Waals surface area contributed by atoms with Crippen LogP contribution in [0.4, 0.5) is 0 Å². The van der Waals surface area contributed by atoms with Crippen LogP contribution in [-0.2, 0) is 5.41 Å². The number of benzene rings is 1. The molecule has 0 saturated heterocycles. The van der Waals surface area contributed by atoms with Gasteiger partial charge < -0.3 is 0 Å². The highest BCUT2D eigenvalue weighted by atomic mass is 14.4. The van der Waals surface area contributed by atoms with E-state index in [1.165, 1.54) is 96.3 Å². The molecule has 0 heterocycles. The normalized spacial score (nSPS) is 21.7. The van der Waals surface area contributed by atoms with Crippen molar-refractivity contribution < 1.29 is 0 Å². The van der Waals surface area contributed by atoms with E-state index in [1.807, 2.05) is 0 Å². The van der Waals surface area contributed by atoms with Gasteiger partial charge in [0, 0.05) is 0 Å². The monoisotopic (exact) mass is 326 g/mol. The first-order valence-electron chi connectivity index (χ1n) is 10.9. The molecule has 0 bridgehead atoms. The van der Waals surface area contributed by atoms with Gasteiger partial charge in [0.15, 0.2) is 0 Å². The Labute approximate surface area is 150 Å². The van der Waals surface area contributed by atoms with Crippen LogP contribution in [0.1, 0.15) is 120 Å². The van der Waals surface area contributed by atoms with Crippen LogP contribution in [0.15, 0.2) is 24.3 Å². The van der Waals surface area contributed by atoms with Crippen molar-refractivity contribution in [3.8, 4) is 0 Å². The van der Waals surface area contributed by atoms with Gasteiger partial charge in [0.05, 0.1) is 0 Å². The smallest absolute Gasteiger partial charge is 0.00470 e. The van der Waals surface area contributed by atoms with Crippen molar-refractivity contribution >= 4 is 0 Å². The number of hydrogen-bond donors (Lipinski definition) is 0. The second kappa shape index (κ2) is 9.07. The molecule has 0 N–H and O–H groups in total. The lowest BCUT2D eigenvalue weighted by Gasteiger charge is -2.38. The van der Waals surface area contributed by atoms with E-state index < -0.39 is 0 Å². The molecular weight excluding hydrogens is 288 g/mol. The largest absolute Gasteiger partial charge is 0.0654 e. The summed E-state index contributed by atoms with van der Waals surface area (Å²) in [6, 6.07) is 10.0. The lowest BCUT2D eigenvalue weighted by Crippen LogP contribution is -2.29. The van der Waals surface area contributed by atoms with E-state index in [-0.39, 0.29) is 0 Å². The van der Waals surface area contributed by atoms with Crippen molar-refractivity contribution in [2.45, 2.75) is 115 Å². The molecule has 0 aromatic heterocycles. The Balaban J connectivity index is 1.69. The highest BCUT2D eigenvalue weighted by Gasteiger charge is 2.33. The van der Waals surface area contributed by atoms with Crippen LogP contribution in [0.3, 0.4) is 0 Å². The molecule has 0 atom stereocenters. The molecule has 134 valence electrons. The molecule has 0 amide bonds. The maximum atomic E-state index is 2.52. The third-order valence-electron chi connectivity index (χ3n) is 6.92. The number of unbranched alkanes of at least 4 members (excludes halogenated alkanes) is 3. The minimum atomic E-state index is 0.511. The van der Waals surface area contributed by atoms with E-state index in [2.05, 4.69) is 31.2 Å². The standard InChI is InChI=1S/C24H38/c1-2-3-4-9-18-24(19-10-6-11-20-24)23-16-14-22(15-17-23)21-12-7-5-8-13-21/h14-17,21H,2-13,18-20H2,1H3. The molecule has 0 aliphatic heterocycles. The Bertz CT molecular complexity index is 457. The summed E-state index contributed by atoms with van der Waals surface area (Å²) in [5.74, 6) is 0.847. The van der Waals surface area contributed by atoms with Gasteiger partial charge in [-0.25, -0.2) is 0 Å². The molecule has 0 radical (unpaired) electrons. The van der Waals surface area contributed by atoms with E-state index in [0.717, 1.165) is 5.92 Å². The molecule has 0 spiro atoms. The molecule has 0 unspecified atom stereocenters. The van der Waals surface area contributed by atoms with Crippen molar-refractivity contribution in [1.29, 1.82) is 0 Å². The Morgan fingerprint density at radius 3 is 2.12 bits per heavy atom. The zero-order valence-electron chi connectivity index (χ0n) is 16.0. The molecule has 2 aliphatic rings. The maximum absolute atomic E-state index is 2.52. The summed E-state index contributed by atoms with van der Waals surface area (Å²) in [4.78, 5) is 0.